The summed E-state index contributed by atoms with van der Waals surface area (Å²) in [5.74, 6) is 0.647. The summed E-state index contributed by atoms with van der Waals surface area (Å²) in [6.07, 6.45) is 5.69. The SMILES string of the molecule is O=C1C[C@@H](COCc2ccccc2)C[C@]12C=Cc1ccccc12. The molecular weight excluding hydrogens is 284 g/mol. The van der Waals surface area contributed by atoms with E-state index in [-0.39, 0.29) is 0 Å². The second-order valence-corrected chi connectivity index (χ2v) is 6.59. The Morgan fingerprint density at radius 2 is 1.83 bits per heavy atom. The van der Waals surface area contributed by atoms with Gasteiger partial charge < -0.3 is 4.74 Å². The van der Waals surface area contributed by atoms with Crippen LogP contribution in [-0.4, -0.2) is 12.4 Å². The molecule has 2 aromatic rings. The molecular formula is C21H20O2. The molecule has 2 aliphatic carbocycles. The topological polar surface area (TPSA) is 26.3 Å². The van der Waals surface area contributed by atoms with E-state index >= 15 is 0 Å². The highest BCUT2D eigenvalue weighted by Gasteiger charge is 2.48. The molecule has 0 aliphatic heterocycles. The summed E-state index contributed by atoms with van der Waals surface area (Å²) in [5.41, 5.74) is 3.15. The zero-order chi connectivity index (χ0) is 15.7. The molecule has 2 nitrogen and oxygen atoms in total. The van der Waals surface area contributed by atoms with Crippen LogP contribution >= 0.6 is 0 Å². The Morgan fingerprint density at radius 3 is 2.70 bits per heavy atom. The number of ether oxygens (including phenoxy) is 1. The Kier molecular flexibility index (Phi) is 3.62. The summed E-state index contributed by atoms with van der Waals surface area (Å²) < 4.78 is 5.87. The first-order valence-electron chi connectivity index (χ1n) is 8.22. The number of hydrogen-bond donors (Lipinski definition) is 0. The van der Waals surface area contributed by atoms with E-state index in [1.807, 2.05) is 30.3 Å². The first kappa shape index (κ1) is 14.4. The number of benzene rings is 2. The molecule has 0 bridgehead atoms. The van der Waals surface area contributed by atoms with Crippen molar-refractivity contribution in [3.63, 3.8) is 0 Å². The van der Waals surface area contributed by atoms with Crippen molar-refractivity contribution in [2.24, 2.45) is 5.92 Å². The summed E-state index contributed by atoms with van der Waals surface area (Å²) >= 11 is 0. The lowest BCUT2D eigenvalue weighted by Crippen LogP contribution is -2.26. The molecule has 4 rings (SSSR count). The third-order valence-electron chi connectivity index (χ3n) is 5.04. The summed E-state index contributed by atoms with van der Waals surface area (Å²) in [6.45, 7) is 1.27. The monoisotopic (exact) mass is 304 g/mol. The molecule has 2 atom stereocenters. The van der Waals surface area contributed by atoms with Gasteiger partial charge in [-0.1, -0.05) is 66.7 Å². The van der Waals surface area contributed by atoms with Crippen LogP contribution in [0.4, 0.5) is 0 Å². The van der Waals surface area contributed by atoms with Crippen molar-refractivity contribution in [3.8, 4) is 0 Å². The first-order chi connectivity index (χ1) is 11.3. The minimum absolute atomic E-state index is 0.307. The Morgan fingerprint density at radius 1 is 1.04 bits per heavy atom. The van der Waals surface area contributed by atoms with Crippen LogP contribution < -0.4 is 0 Å². The predicted molar refractivity (Wildman–Crippen MR) is 91.0 cm³/mol. The van der Waals surface area contributed by atoms with E-state index in [1.165, 1.54) is 16.7 Å². The number of carbonyl (C=O) groups is 1. The lowest BCUT2D eigenvalue weighted by molar-refractivity contribution is -0.120. The molecule has 0 saturated heterocycles. The predicted octanol–water partition coefficient (Wildman–Crippen LogP) is 4.15. The van der Waals surface area contributed by atoms with Gasteiger partial charge in [-0.05, 0) is 29.0 Å². The second-order valence-electron chi connectivity index (χ2n) is 6.59. The van der Waals surface area contributed by atoms with Crippen molar-refractivity contribution in [3.05, 3.63) is 77.4 Å². The Hall–Kier alpha value is -2.19. The van der Waals surface area contributed by atoms with Crippen molar-refractivity contribution in [2.75, 3.05) is 6.61 Å². The van der Waals surface area contributed by atoms with Gasteiger partial charge in [0, 0.05) is 6.42 Å². The van der Waals surface area contributed by atoms with Crippen LogP contribution in [0.2, 0.25) is 0 Å². The minimum atomic E-state index is -0.392. The third kappa shape index (κ3) is 2.53. The van der Waals surface area contributed by atoms with Gasteiger partial charge in [0.15, 0.2) is 0 Å². The number of carbonyl (C=O) groups excluding carboxylic acids is 1. The standard InChI is InChI=1S/C21H20O2/c22-20-12-17(15-23-14-16-6-2-1-3-7-16)13-21(20)11-10-18-8-4-5-9-19(18)21/h1-11,17H,12-15H2/t17-,21+/m1/s1. The third-order valence-corrected chi connectivity index (χ3v) is 5.04. The maximum absolute atomic E-state index is 12.7. The fraction of sp³-hybridized carbons (Fsp3) is 0.286. The van der Waals surface area contributed by atoms with Crippen molar-refractivity contribution in [2.45, 2.75) is 24.9 Å². The molecule has 0 aromatic heterocycles. The maximum Gasteiger partial charge on any atom is 0.147 e. The van der Waals surface area contributed by atoms with Gasteiger partial charge in [-0.25, -0.2) is 0 Å². The highest BCUT2D eigenvalue weighted by Crippen LogP contribution is 2.47. The number of allylic oxidation sites excluding steroid dienone is 1. The van der Waals surface area contributed by atoms with E-state index in [2.05, 4.69) is 36.4 Å². The highest BCUT2D eigenvalue weighted by atomic mass is 16.5. The van der Waals surface area contributed by atoms with Crippen LogP contribution in [0, 0.1) is 5.92 Å². The normalized spacial score (nSPS) is 25.2. The quantitative estimate of drug-likeness (QED) is 0.848. The van der Waals surface area contributed by atoms with Crippen molar-refractivity contribution >= 4 is 11.9 Å². The van der Waals surface area contributed by atoms with Gasteiger partial charge in [0.25, 0.3) is 0 Å². The van der Waals surface area contributed by atoms with Gasteiger partial charge in [0.05, 0.1) is 18.6 Å². The van der Waals surface area contributed by atoms with Gasteiger partial charge in [-0.2, -0.15) is 0 Å². The van der Waals surface area contributed by atoms with E-state index in [1.54, 1.807) is 0 Å². The molecule has 2 aliphatic rings. The molecule has 0 unspecified atom stereocenters. The lowest BCUT2D eigenvalue weighted by atomic mass is 9.79. The van der Waals surface area contributed by atoms with Crippen molar-refractivity contribution < 1.29 is 9.53 Å². The molecule has 1 saturated carbocycles. The zero-order valence-corrected chi connectivity index (χ0v) is 13.1. The zero-order valence-electron chi connectivity index (χ0n) is 13.1. The minimum Gasteiger partial charge on any atom is -0.376 e. The van der Waals surface area contributed by atoms with Crippen molar-refractivity contribution in [1.82, 2.24) is 0 Å². The van der Waals surface area contributed by atoms with E-state index in [0.717, 1.165) is 6.42 Å². The molecule has 2 heteroatoms. The smallest absolute Gasteiger partial charge is 0.147 e. The van der Waals surface area contributed by atoms with Gasteiger partial charge in [0.2, 0.25) is 0 Å². The number of Topliss-reactive ketones (excluding diaryl/α,β-unsaturated/α-hetero) is 1. The van der Waals surface area contributed by atoms with E-state index in [9.17, 15) is 4.79 Å². The number of hydrogen-bond acceptors (Lipinski definition) is 2. The van der Waals surface area contributed by atoms with Crippen LogP contribution in [0.15, 0.2) is 60.7 Å². The Labute approximate surface area is 136 Å². The largest absolute Gasteiger partial charge is 0.376 e. The summed E-state index contributed by atoms with van der Waals surface area (Å²) in [7, 11) is 0. The summed E-state index contributed by atoms with van der Waals surface area (Å²) in [4.78, 5) is 12.7. The molecule has 0 N–H and O–H groups in total. The van der Waals surface area contributed by atoms with E-state index < -0.39 is 5.41 Å². The average molecular weight is 304 g/mol. The van der Waals surface area contributed by atoms with Crippen molar-refractivity contribution in [1.29, 1.82) is 0 Å². The van der Waals surface area contributed by atoms with Crippen LogP contribution in [-0.2, 0) is 21.6 Å². The second kappa shape index (κ2) is 5.78. The lowest BCUT2D eigenvalue weighted by Gasteiger charge is -2.22. The van der Waals surface area contributed by atoms with E-state index in [0.29, 0.717) is 31.3 Å². The number of fused-ring (bicyclic) bond motifs is 2. The molecule has 116 valence electrons. The molecule has 1 spiro atoms. The maximum atomic E-state index is 12.7. The molecule has 23 heavy (non-hydrogen) atoms. The molecule has 0 amide bonds. The van der Waals surface area contributed by atoms with Gasteiger partial charge in [0.1, 0.15) is 5.78 Å². The van der Waals surface area contributed by atoms with Crippen LogP contribution in [0.5, 0.6) is 0 Å². The molecule has 0 heterocycles. The fourth-order valence-corrected chi connectivity index (χ4v) is 3.91. The van der Waals surface area contributed by atoms with E-state index in [4.69, 9.17) is 4.74 Å². The van der Waals surface area contributed by atoms with Gasteiger partial charge >= 0.3 is 0 Å². The van der Waals surface area contributed by atoms with Crippen LogP contribution in [0.3, 0.4) is 0 Å². The summed E-state index contributed by atoms with van der Waals surface area (Å²) in [6, 6.07) is 18.4. The molecule has 2 aromatic carbocycles. The average Bonchev–Trinajstić information content (AvgIpc) is 3.11. The van der Waals surface area contributed by atoms with Crippen LogP contribution in [0.25, 0.3) is 6.08 Å². The number of rotatable bonds is 4. The fourth-order valence-electron chi connectivity index (χ4n) is 3.91. The number of ketones is 1. The van der Waals surface area contributed by atoms with Gasteiger partial charge in [-0.15, -0.1) is 0 Å². The highest BCUT2D eigenvalue weighted by molar-refractivity contribution is 5.98. The summed E-state index contributed by atoms with van der Waals surface area (Å²) in [5, 5.41) is 0. The molecule has 1 fully saturated rings. The van der Waals surface area contributed by atoms with Crippen LogP contribution in [0.1, 0.15) is 29.5 Å². The first-order valence-corrected chi connectivity index (χ1v) is 8.22. The van der Waals surface area contributed by atoms with Gasteiger partial charge in [-0.3, -0.25) is 4.79 Å². The molecule has 0 radical (unpaired) electrons. The Bertz CT molecular complexity index is 747. The Balaban J connectivity index is 1.43.